The second kappa shape index (κ2) is 5.03. The van der Waals surface area contributed by atoms with Gasteiger partial charge in [-0.05, 0) is 35.9 Å². The number of fused-ring (bicyclic) bond motifs is 1. The quantitative estimate of drug-likeness (QED) is 0.640. The van der Waals surface area contributed by atoms with Gasteiger partial charge in [0.25, 0.3) is 0 Å². The van der Waals surface area contributed by atoms with Crippen LogP contribution in [0.15, 0.2) is 48.5 Å². The summed E-state index contributed by atoms with van der Waals surface area (Å²) in [5, 5.41) is 1.44. The van der Waals surface area contributed by atoms with Crippen LogP contribution in [0, 0.1) is 0 Å². The Labute approximate surface area is 119 Å². The van der Waals surface area contributed by atoms with Gasteiger partial charge in [0.1, 0.15) is 5.75 Å². The number of hydrogen-bond acceptors (Lipinski definition) is 3. The van der Waals surface area contributed by atoms with Crippen molar-refractivity contribution in [1.29, 1.82) is 0 Å². The van der Waals surface area contributed by atoms with Crippen molar-refractivity contribution in [3.05, 3.63) is 58.8 Å². The van der Waals surface area contributed by atoms with E-state index in [1.807, 2.05) is 36.4 Å². The summed E-state index contributed by atoms with van der Waals surface area (Å²) in [6, 6.07) is 14.7. The summed E-state index contributed by atoms with van der Waals surface area (Å²) in [7, 11) is 0. The number of halogens is 2. The lowest BCUT2D eigenvalue weighted by Crippen LogP contribution is -1.93. The second-order valence-electron chi connectivity index (χ2n) is 3.85. The first kappa shape index (κ1) is 12.2. The van der Waals surface area contributed by atoms with Crippen LogP contribution in [0.3, 0.4) is 0 Å². The molecule has 3 aromatic rings. The molecule has 19 heavy (non-hydrogen) atoms. The third-order valence-corrected chi connectivity index (χ3v) is 3.07. The Morgan fingerprint density at radius 2 is 1.58 bits per heavy atom. The normalized spacial score (nSPS) is 10.6. The Morgan fingerprint density at radius 3 is 2.42 bits per heavy atom. The van der Waals surface area contributed by atoms with Gasteiger partial charge in [0.2, 0.25) is 11.2 Å². The van der Waals surface area contributed by atoms with Gasteiger partial charge in [-0.2, -0.15) is 4.98 Å². The van der Waals surface area contributed by atoms with E-state index in [1.165, 1.54) is 0 Å². The molecule has 94 valence electrons. The number of benzene rings is 2. The van der Waals surface area contributed by atoms with E-state index in [0.717, 1.165) is 10.9 Å². The number of hydrogen-bond donors (Lipinski definition) is 0. The number of rotatable bonds is 2. The van der Waals surface area contributed by atoms with Gasteiger partial charge in [-0.15, -0.1) is 0 Å². The number of aromatic nitrogens is 2. The SMILES string of the molecule is Clc1nc(Oc2ccccc2Cl)c2ccccc2n1. The fourth-order valence-electron chi connectivity index (χ4n) is 1.73. The third kappa shape index (κ3) is 2.48. The topological polar surface area (TPSA) is 35.0 Å². The molecule has 0 aliphatic heterocycles. The molecule has 5 heteroatoms. The fraction of sp³-hybridized carbons (Fsp3) is 0. The van der Waals surface area contributed by atoms with Crippen LogP contribution in [0.1, 0.15) is 0 Å². The van der Waals surface area contributed by atoms with E-state index in [-0.39, 0.29) is 5.28 Å². The monoisotopic (exact) mass is 290 g/mol. The lowest BCUT2D eigenvalue weighted by molar-refractivity contribution is 0.468. The molecular formula is C14H8Cl2N2O. The van der Waals surface area contributed by atoms with Gasteiger partial charge in [0, 0.05) is 0 Å². The molecule has 0 spiro atoms. The van der Waals surface area contributed by atoms with E-state index in [4.69, 9.17) is 27.9 Å². The molecule has 3 nitrogen and oxygen atoms in total. The molecule has 0 bridgehead atoms. The molecule has 0 N–H and O–H groups in total. The lowest BCUT2D eigenvalue weighted by Gasteiger charge is -2.09. The van der Waals surface area contributed by atoms with Crippen molar-refractivity contribution in [3.8, 4) is 11.6 Å². The van der Waals surface area contributed by atoms with E-state index in [1.54, 1.807) is 12.1 Å². The Hall–Kier alpha value is -1.84. The van der Waals surface area contributed by atoms with Gasteiger partial charge < -0.3 is 4.74 Å². The van der Waals surface area contributed by atoms with Gasteiger partial charge in [0.05, 0.1) is 15.9 Å². The summed E-state index contributed by atoms with van der Waals surface area (Å²) >= 11 is 12.0. The highest BCUT2D eigenvalue weighted by molar-refractivity contribution is 6.32. The zero-order valence-corrected chi connectivity index (χ0v) is 11.2. The van der Waals surface area contributed by atoms with E-state index in [0.29, 0.717) is 16.7 Å². The smallest absolute Gasteiger partial charge is 0.231 e. The zero-order valence-electron chi connectivity index (χ0n) is 9.68. The molecule has 0 radical (unpaired) electrons. The molecule has 0 aliphatic carbocycles. The van der Waals surface area contributed by atoms with Gasteiger partial charge in [-0.25, -0.2) is 4.98 Å². The maximum absolute atomic E-state index is 6.06. The first-order valence-corrected chi connectivity index (χ1v) is 6.34. The number of ether oxygens (including phenoxy) is 1. The molecule has 0 saturated carbocycles. The minimum Gasteiger partial charge on any atom is -0.437 e. The molecule has 0 aliphatic rings. The van der Waals surface area contributed by atoms with Crippen LogP contribution < -0.4 is 4.74 Å². The highest BCUT2D eigenvalue weighted by Gasteiger charge is 2.10. The van der Waals surface area contributed by atoms with Crippen LogP contribution >= 0.6 is 23.2 Å². The standard InChI is InChI=1S/C14H8Cl2N2O/c15-10-6-2-4-8-12(10)19-13-9-5-1-3-7-11(9)17-14(16)18-13/h1-8H. The van der Waals surface area contributed by atoms with Crippen LogP contribution in [0.4, 0.5) is 0 Å². The minimum atomic E-state index is 0.140. The van der Waals surface area contributed by atoms with Gasteiger partial charge in [-0.3, -0.25) is 0 Å². The van der Waals surface area contributed by atoms with Crippen molar-refractivity contribution in [2.24, 2.45) is 0 Å². The molecule has 0 atom stereocenters. The molecule has 0 unspecified atom stereocenters. The average Bonchev–Trinajstić information content (AvgIpc) is 2.41. The van der Waals surface area contributed by atoms with E-state index in [2.05, 4.69) is 9.97 Å². The summed E-state index contributed by atoms with van der Waals surface area (Å²) in [6.45, 7) is 0. The molecule has 3 rings (SSSR count). The fourth-order valence-corrected chi connectivity index (χ4v) is 2.07. The van der Waals surface area contributed by atoms with Crippen LogP contribution in [0.2, 0.25) is 10.3 Å². The van der Waals surface area contributed by atoms with Crippen LogP contribution in [-0.2, 0) is 0 Å². The molecule has 1 aromatic heterocycles. The van der Waals surface area contributed by atoms with E-state index >= 15 is 0 Å². The van der Waals surface area contributed by atoms with Crippen LogP contribution in [-0.4, -0.2) is 9.97 Å². The average molecular weight is 291 g/mol. The highest BCUT2D eigenvalue weighted by Crippen LogP contribution is 2.32. The molecule has 2 aromatic carbocycles. The van der Waals surface area contributed by atoms with Crippen molar-refractivity contribution in [2.75, 3.05) is 0 Å². The van der Waals surface area contributed by atoms with E-state index in [9.17, 15) is 0 Å². The lowest BCUT2D eigenvalue weighted by atomic mass is 10.2. The number of para-hydroxylation sites is 2. The molecular weight excluding hydrogens is 283 g/mol. The summed E-state index contributed by atoms with van der Waals surface area (Å²) in [4.78, 5) is 8.25. The Morgan fingerprint density at radius 1 is 0.842 bits per heavy atom. The Balaban J connectivity index is 2.13. The number of nitrogens with zero attached hydrogens (tertiary/aromatic N) is 2. The van der Waals surface area contributed by atoms with Crippen molar-refractivity contribution in [1.82, 2.24) is 9.97 Å². The molecule has 0 amide bonds. The maximum Gasteiger partial charge on any atom is 0.231 e. The van der Waals surface area contributed by atoms with E-state index < -0.39 is 0 Å². The summed E-state index contributed by atoms with van der Waals surface area (Å²) < 4.78 is 5.74. The largest absolute Gasteiger partial charge is 0.437 e. The highest BCUT2D eigenvalue weighted by atomic mass is 35.5. The maximum atomic E-state index is 6.06. The van der Waals surface area contributed by atoms with Gasteiger partial charge in [-0.1, -0.05) is 35.9 Å². The van der Waals surface area contributed by atoms with Crippen LogP contribution in [0.25, 0.3) is 10.9 Å². The first-order valence-electron chi connectivity index (χ1n) is 5.59. The molecule has 0 fully saturated rings. The summed E-state index contributed by atoms with van der Waals surface area (Å²) in [5.41, 5.74) is 0.726. The molecule has 1 heterocycles. The van der Waals surface area contributed by atoms with Crippen molar-refractivity contribution >= 4 is 34.1 Å². The Kier molecular flexibility index (Phi) is 3.23. The van der Waals surface area contributed by atoms with Gasteiger partial charge >= 0.3 is 0 Å². The first-order chi connectivity index (χ1) is 9.24. The summed E-state index contributed by atoms with van der Waals surface area (Å²) in [5.74, 6) is 0.924. The zero-order chi connectivity index (χ0) is 13.2. The second-order valence-corrected chi connectivity index (χ2v) is 4.59. The molecule has 0 saturated heterocycles. The Bertz CT molecular complexity index is 746. The van der Waals surface area contributed by atoms with Crippen molar-refractivity contribution in [3.63, 3.8) is 0 Å². The summed E-state index contributed by atoms with van der Waals surface area (Å²) in [6.07, 6.45) is 0. The minimum absolute atomic E-state index is 0.140. The predicted molar refractivity (Wildman–Crippen MR) is 76.1 cm³/mol. The van der Waals surface area contributed by atoms with Gasteiger partial charge in [0.15, 0.2) is 0 Å². The third-order valence-electron chi connectivity index (χ3n) is 2.58. The van der Waals surface area contributed by atoms with Crippen molar-refractivity contribution in [2.45, 2.75) is 0 Å². The predicted octanol–water partition coefficient (Wildman–Crippen LogP) is 4.73. The van der Waals surface area contributed by atoms with Crippen LogP contribution in [0.5, 0.6) is 11.6 Å². The van der Waals surface area contributed by atoms with Crippen molar-refractivity contribution < 1.29 is 4.74 Å².